The van der Waals surface area contributed by atoms with Gasteiger partial charge in [0.05, 0.1) is 27.9 Å². The molecule has 0 amide bonds. The molecule has 16 heavy (non-hydrogen) atoms. The Labute approximate surface area is 102 Å². The van der Waals surface area contributed by atoms with Crippen LogP contribution in [-0.2, 0) is 17.8 Å². The zero-order chi connectivity index (χ0) is 11.5. The number of ether oxygens (including phenoxy) is 1. The van der Waals surface area contributed by atoms with E-state index in [0.717, 1.165) is 27.7 Å². The third-order valence-electron chi connectivity index (χ3n) is 2.08. The van der Waals surface area contributed by atoms with Crippen LogP contribution < -0.4 is 5.73 Å². The summed E-state index contributed by atoms with van der Waals surface area (Å²) in [6.45, 7) is 2.61. The van der Waals surface area contributed by atoms with Gasteiger partial charge in [-0.1, -0.05) is 6.92 Å². The van der Waals surface area contributed by atoms with E-state index in [9.17, 15) is 0 Å². The van der Waals surface area contributed by atoms with Gasteiger partial charge in [0.1, 0.15) is 0 Å². The Morgan fingerprint density at radius 1 is 1.44 bits per heavy atom. The third kappa shape index (κ3) is 2.23. The van der Waals surface area contributed by atoms with Crippen molar-refractivity contribution in [2.75, 3.05) is 12.8 Å². The molecule has 0 aliphatic carbocycles. The molecular weight excluding hydrogens is 242 g/mol. The molecule has 0 aromatic carbocycles. The first-order valence-electron chi connectivity index (χ1n) is 4.93. The van der Waals surface area contributed by atoms with E-state index in [0.29, 0.717) is 11.7 Å². The van der Waals surface area contributed by atoms with E-state index in [2.05, 4.69) is 16.9 Å². The summed E-state index contributed by atoms with van der Waals surface area (Å²) in [6, 6.07) is 0. The Kier molecular flexibility index (Phi) is 3.52. The monoisotopic (exact) mass is 255 g/mol. The molecule has 2 aromatic heterocycles. The lowest BCUT2D eigenvalue weighted by Gasteiger charge is -1.96. The smallest absolute Gasteiger partial charge is 0.180 e. The SMILES string of the molecule is CCc1nc(COC)c(-c2csc(N)n2)s1. The molecule has 0 fully saturated rings. The normalized spacial score (nSPS) is 10.9. The lowest BCUT2D eigenvalue weighted by Crippen LogP contribution is -1.91. The highest BCUT2D eigenvalue weighted by Crippen LogP contribution is 2.32. The molecule has 0 unspecified atom stereocenters. The fourth-order valence-electron chi connectivity index (χ4n) is 1.38. The number of aromatic nitrogens is 2. The van der Waals surface area contributed by atoms with E-state index in [1.165, 1.54) is 11.3 Å². The first-order valence-corrected chi connectivity index (χ1v) is 6.63. The van der Waals surface area contributed by atoms with Crippen LogP contribution in [0.15, 0.2) is 5.38 Å². The standard InChI is InChI=1S/C10H13N3OS2/c1-3-8-12-6(4-14-2)9(16-8)7-5-15-10(11)13-7/h5H,3-4H2,1-2H3,(H2,11,13). The van der Waals surface area contributed by atoms with Crippen LogP contribution in [0.4, 0.5) is 5.13 Å². The topological polar surface area (TPSA) is 61.0 Å². The average molecular weight is 255 g/mol. The number of nitrogen functional groups attached to an aromatic ring is 1. The van der Waals surface area contributed by atoms with Crippen molar-refractivity contribution >= 4 is 27.8 Å². The minimum Gasteiger partial charge on any atom is -0.378 e. The van der Waals surface area contributed by atoms with Crippen molar-refractivity contribution in [3.05, 3.63) is 16.1 Å². The summed E-state index contributed by atoms with van der Waals surface area (Å²) in [4.78, 5) is 9.88. The minimum absolute atomic E-state index is 0.517. The molecular formula is C10H13N3OS2. The number of anilines is 1. The van der Waals surface area contributed by atoms with Crippen molar-refractivity contribution in [3.63, 3.8) is 0 Å². The van der Waals surface area contributed by atoms with Crippen LogP contribution >= 0.6 is 22.7 Å². The predicted molar refractivity (Wildman–Crippen MR) is 67.7 cm³/mol. The first kappa shape index (κ1) is 11.5. The summed E-state index contributed by atoms with van der Waals surface area (Å²) in [5.41, 5.74) is 7.50. The predicted octanol–water partition coefficient (Wildman–Crippen LogP) is 2.56. The maximum Gasteiger partial charge on any atom is 0.180 e. The van der Waals surface area contributed by atoms with Crippen molar-refractivity contribution < 1.29 is 4.74 Å². The van der Waals surface area contributed by atoms with Gasteiger partial charge in [-0.05, 0) is 6.42 Å². The zero-order valence-corrected chi connectivity index (χ0v) is 10.8. The van der Waals surface area contributed by atoms with Crippen LogP contribution in [0.2, 0.25) is 0 Å². The molecule has 0 bridgehead atoms. The molecule has 0 aliphatic rings. The molecule has 0 aliphatic heterocycles. The molecule has 2 rings (SSSR count). The maximum absolute atomic E-state index is 5.64. The molecule has 0 atom stereocenters. The fourth-order valence-corrected chi connectivity index (χ4v) is 2.97. The summed E-state index contributed by atoms with van der Waals surface area (Å²) in [7, 11) is 1.67. The molecule has 0 radical (unpaired) electrons. The number of aryl methyl sites for hydroxylation is 1. The van der Waals surface area contributed by atoms with E-state index in [-0.39, 0.29) is 0 Å². The van der Waals surface area contributed by atoms with E-state index in [1.807, 2.05) is 5.38 Å². The fraction of sp³-hybridized carbons (Fsp3) is 0.400. The lowest BCUT2D eigenvalue weighted by atomic mass is 10.3. The number of methoxy groups -OCH3 is 1. The van der Waals surface area contributed by atoms with Gasteiger partial charge in [-0.15, -0.1) is 22.7 Å². The summed E-state index contributed by atoms with van der Waals surface area (Å²) in [6.07, 6.45) is 0.932. The van der Waals surface area contributed by atoms with Crippen molar-refractivity contribution in [2.45, 2.75) is 20.0 Å². The van der Waals surface area contributed by atoms with Gasteiger partial charge in [0.2, 0.25) is 0 Å². The minimum atomic E-state index is 0.517. The Morgan fingerprint density at radius 2 is 2.25 bits per heavy atom. The Morgan fingerprint density at radius 3 is 2.81 bits per heavy atom. The second kappa shape index (κ2) is 4.90. The number of nitrogens with zero attached hydrogens (tertiary/aromatic N) is 2. The van der Waals surface area contributed by atoms with Crippen LogP contribution in [0.5, 0.6) is 0 Å². The highest BCUT2D eigenvalue weighted by Gasteiger charge is 2.14. The number of nitrogens with two attached hydrogens (primary N) is 1. The lowest BCUT2D eigenvalue weighted by molar-refractivity contribution is 0.182. The molecule has 4 nitrogen and oxygen atoms in total. The van der Waals surface area contributed by atoms with Gasteiger partial charge in [0, 0.05) is 12.5 Å². The largest absolute Gasteiger partial charge is 0.378 e. The number of thiazole rings is 2. The Hall–Kier alpha value is -0.980. The van der Waals surface area contributed by atoms with Crippen LogP contribution in [0.1, 0.15) is 17.6 Å². The Balaban J connectivity index is 2.41. The van der Waals surface area contributed by atoms with E-state index < -0.39 is 0 Å². The van der Waals surface area contributed by atoms with Gasteiger partial charge in [-0.3, -0.25) is 0 Å². The van der Waals surface area contributed by atoms with Crippen LogP contribution in [0.3, 0.4) is 0 Å². The van der Waals surface area contributed by atoms with Gasteiger partial charge < -0.3 is 10.5 Å². The quantitative estimate of drug-likeness (QED) is 0.912. The molecule has 2 aromatic rings. The highest BCUT2D eigenvalue weighted by molar-refractivity contribution is 7.16. The zero-order valence-electron chi connectivity index (χ0n) is 9.19. The highest BCUT2D eigenvalue weighted by atomic mass is 32.1. The maximum atomic E-state index is 5.64. The first-order chi connectivity index (χ1) is 7.74. The second-order valence-corrected chi connectivity index (χ2v) is 5.21. The van der Waals surface area contributed by atoms with Crippen LogP contribution in [-0.4, -0.2) is 17.1 Å². The molecule has 6 heteroatoms. The Bertz CT molecular complexity index is 478. The van der Waals surface area contributed by atoms with Crippen LogP contribution in [0, 0.1) is 0 Å². The van der Waals surface area contributed by atoms with Gasteiger partial charge in [-0.25, -0.2) is 9.97 Å². The van der Waals surface area contributed by atoms with Gasteiger partial charge in [-0.2, -0.15) is 0 Å². The summed E-state index contributed by atoms with van der Waals surface area (Å²) in [5, 5.41) is 3.65. The average Bonchev–Trinajstić information content (AvgIpc) is 2.85. The molecule has 0 saturated carbocycles. The molecule has 86 valence electrons. The van der Waals surface area contributed by atoms with Gasteiger partial charge in [0.15, 0.2) is 5.13 Å². The number of hydrogen-bond acceptors (Lipinski definition) is 6. The summed E-state index contributed by atoms with van der Waals surface area (Å²) < 4.78 is 5.14. The second-order valence-electron chi connectivity index (χ2n) is 3.24. The van der Waals surface area contributed by atoms with Crippen molar-refractivity contribution in [1.29, 1.82) is 0 Å². The number of hydrogen-bond donors (Lipinski definition) is 1. The van der Waals surface area contributed by atoms with Crippen molar-refractivity contribution in [3.8, 4) is 10.6 Å². The van der Waals surface area contributed by atoms with Gasteiger partial charge in [0.25, 0.3) is 0 Å². The summed E-state index contributed by atoms with van der Waals surface area (Å²) in [5.74, 6) is 0. The van der Waals surface area contributed by atoms with Gasteiger partial charge >= 0.3 is 0 Å². The molecule has 2 N–H and O–H groups in total. The molecule has 2 heterocycles. The molecule has 0 spiro atoms. The van der Waals surface area contributed by atoms with E-state index in [4.69, 9.17) is 10.5 Å². The van der Waals surface area contributed by atoms with E-state index in [1.54, 1.807) is 18.4 Å². The number of rotatable bonds is 4. The third-order valence-corrected chi connectivity index (χ3v) is 4.02. The van der Waals surface area contributed by atoms with Crippen molar-refractivity contribution in [2.24, 2.45) is 0 Å². The summed E-state index contributed by atoms with van der Waals surface area (Å²) >= 11 is 3.11. The molecule has 0 saturated heterocycles. The van der Waals surface area contributed by atoms with Crippen LogP contribution in [0.25, 0.3) is 10.6 Å². The van der Waals surface area contributed by atoms with E-state index >= 15 is 0 Å². The van der Waals surface area contributed by atoms with Crippen molar-refractivity contribution in [1.82, 2.24) is 9.97 Å².